The summed E-state index contributed by atoms with van der Waals surface area (Å²) in [4.78, 5) is 11.5. The second-order valence-electron chi connectivity index (χ2n) is 2.05. The number of hydrogen-bond donors (Lipinski definition) is 0. The number of rotatable bonds is 3. The van der Waals surface area contributed by atoms with Crippen LogP contribution in [0.15, 0.2) is 11.4 Å². The Morgan fingerprint density at radius 1 is 1.77 bits per heavy atom. The Morgan fingerprint density at radius 3 is 3.15 bits per heavy atom. The van der Waals surface area contributed by atoms with Gasteiger partial charge in [-0.1, -0.05) is 0 Å². The lowest BCUT2D eigenvalue weighted by molar-refractivity contribution is 0.0602. The van der Waals surface area contributed by atoms with Gasteiger partial charge in [-0.05, 0) is 11.4 Å². The maximum absolute atomic E-state index is 11.1. The first-order valence-corrected chi connectivity index (χ1v) is 4.33. The van der Waals surface area contributed by atoms with E-state index in [-0.39, 0.29) is 6.61 Å². The average molecular weight is 197 g/mol. The molecule has 0 aliphatic carbocycles. The number of thiophene rings is 1. The number of carbonyl (C=O) groups is 1. The zero-order valence-electron chi connectivity index (χ0n) is 6.94. The van der Waals surface area contributed by atoms with Crippen LogP contribution in [0.1, 0.15) is 9.67 Å². The molecule has 0 unspecified atom stereocenters. The minimum absolute atomic E-state index is 0.0687. The summed E-state index contributed by atoms with van der Waals surface area (Å²) in [5.74, 6) is -0.0404. The Bertz CT molecular complexity index is 339. The van der Waals surface area contributed by atoms with Crippen molar-refractivity contribution in [3.8, 4) is 11.8 Å². The van der Waals surface area contributed by atoms with Crippen molar-refractivity contribution in [2.45, 2.75) is 0 Å². The quantitative estimate of drug-likeness (QED) is 0.688. The number of methoxy groups -OCH3 is 1. The molecule has 1 aromatic rings. The number of esters is 1. The van der Waals surface area contributed by atoms with Gasteiger partial charge in [0.25, 0.3) is 0 Å². The third kappa shape index (κ3) is 2.20. The Hall–Kier alpha value is -1.54. The zero-order valence-corrected chi connectivity index (χ0v) is 7.76. The predicted octanol–water partition coefficient (Wildman–Crippen LogP) is 1.44. The number of nitriles is 1. The molecule has 13 heavy (non-hydrogen) atoms. The van der Waals surface area contributed by atoms with Gasteiger partial charge in [0.2, 0.25) is 0 Å². The largest absolute Gasteiger partial charge is 0.477 e. The Labute approximate surface area is 79.3 Å². The van der Waals surface area contributed by atoms with Crippen LogP contribution in [-0.2, 0) is 4.74 Å². The van der Waals surface area contributed by atoms with Gasteiger partial charge in [0.05, 0.1) is 7.11 Å². The third-order valence-corrected chi connectivity index (χ3v) is 2.17. The highest BCUT2D eigenvalue weighted by Gasteiger charge is 2.14. The van der Waals surface area contributed by atoms with Gasteiger partial charge in [-0.25, -0.2) is 4.79 Å². The van der Waals surface area contributed by atoms with Crippen LogP contribution in [0.2, 0.25) is 0 Å². The molecule has 0 amide bonds. The van der Waals surface area contributed by atoms with Crippen LogP contribution in [0, 0.1) is 11.3 Å². The summed E-state index contributed by atoms with van der Waals surface area (Å²) < 4.78 is 9.52. The fourth-order valence-electron chi connectivity index (χ4n) is 0.763. The highest BCUT2D eigenvalue weighted by atomic mass is 32.1. The molecule has 0 saturated carbocycles. The molecular weight excluding hydrogens is 190 g/mol. The van der Waals surface area contributed by atoms with E-state index < -0.39 is 5.97 Å². The van der Waals surface area contributed by atoms with Crippen LogP contribution in [0.3, 0.4) is 0 Å². The SMILES string of the molecule is COC(=O)c1sccc1OCC#N. The summed E-state index contributed by atoms with van der Waals surface area (Å²) in [7, 11) is 1.30. The van der Waals surface area contributed by atoms with Crippen LogP contribution in [0.5, 0.6) is 5.75 Å². The van der Waals surface area contributed by atoms with E-state index in [1.165, 1.54) is 18.4 Å². The lowest BCUT2D eigenvalue weighted by atomic mass is 10.4. The molecule has 0 aliphatic rings. The van der Waals surface area contributed by atoms with E-state index in [9.17, 15) is 4.79 Å². The number of nitrogens with zero attached hydrogens (tertiary/aromatic N) is 1. The summed E-state index contributed by atoms with van der Waals surface area (Å²) in [6, 6.07) is 3.45. The molecule has 0 aliphatic heterocycles. The van der Waals surface area contributed by atoms with E-state index in [0.29, 0.717) is 10.6 Å². The van der Waals surface area contributed by atoms with Crippen molar-refractivity contribution in [2.24, 2.45) is 0 Å². The molecule has 0 aromatic carbocycles. The molecule has 4 nitrogen and oxygen atoms in total. The fraction of sp³-hybridized carbons (Fsp3) is 0.250. The van der Waals surface area contributed by atoms with Gasteiger partial charge in [-0.3, -0.25) is 0 Å². The van der Waals surface area contributed by atoms with Crippen molar-refractivity contribution in [2.75, 3.05) is 13.7 Å². The molecule has 0 bridgehead atoms. The summed E-state index contributed by atoms with van der Waals surface area (Å²) >= 11 is 1.22. The summed E-state index contributed by atoms with van der Waals surface area (Å²) in [6.07, 6.45) is 0. The maximum Gasteiger partial charge on any atom is 0.351 e. The molecule has 0 N–H and O–H groups in total. The second kappa shape index (κ2) is 4.48. The van der Waals surface area contributed by atoms with Gasteiger partial charge < -0.3 is 9.47 Å². The van der Waals surface area contributed by atoms with Crippen LogP contribution in [-0.4, -0.2) is 19.7 Å². The molecule has 68 valence electrons. The maximum atomic E-state index is 11.1. The average Bonchev–Trinajstić information content (AvgIpc) is 2.61. The lowest BCUT2D eigenvalue weighted by Crippen LogP contribution is -2.02. The fourth-order valence-corrected chi connectivity index (χ4v) is 1.51. The number of hydrogen-bond acceptors (Lipinski definition) is 5. The summed E-state index contributed by atoms with van der Waals surface area (Å²) in [6.45, 7) is -0.0687. The van der Waals surface area contributed by atoms with Gasteiger partial charge in [-0.2, -0.15) is 5.26 Å². The molecule has 0 spiro atoms. The molecule has 0 fully saturated rings. The highest BCUT2D eigenvalue weighted by Crippen LogP contribution is 2.25. The molecule has 0 saturated heterocycles. The van der Waals surface area contributed by atoms with Gasteiger partial charge in [0.15, 0.2) is 11.5 Å². The van der Waals surface area contributed by atoms with E-state index in [2.05, 4.69) is 4.74 Å². The minimum atomic E-state index is -0.442. The highest BCUT2D eigenvalue weighted by molar-refractivity contribution is 7.12. The van der Waals surface area contributed by atoms with Crippen molar-refractivity contribution < 1.29 is 14.3 Å². The normalized spacial score (nSPS) is 8.92. The second-order valence-corrected chi connectivity index (χ2v) is 2.97. The first-order chi connectivity index (χ1) is 6.29. The van der Waals surface area contributed by atoms with E-state index >= 15 is 0 Å². The Morgan fingerprint density at radius 2 is 2.54 bits per heavy atom. The van der Waals surface area contributed by atoms with Gasteiger partial charge >= 0.3 is 5.97 Å². The Kier molecular flexibility index (Phi) is 3.29. The molecule has 1 rings (SSSR count). The van der Waals surface area contributed by atoms with Gasteiger partial charge in [-0.15, -0.1) is 11.3 Å². The van der Waals surface area contributed by atoms with Crippen LogP contribution < -0.4 is 4.74 Å². The standard InChI is InChI=1S/C8H7NO3S/c1-11-8(10)7-6(2-5-13-7)12-4-3-9/h2,5H,4H2,1H3. The topological polar surface area (TPSA) is 59.3 Å². The van der Waals surface area contributed by atoms with Crippen molar-refractivity contribution in [1.82, 2.24) is 0 Å². The van der Waals surface area contributed by atoms with E-state index in [4.69, 9.17) is 10.00 Å². The van der Waals surface area contributed by atoms with E-state index in [0.717, 1.165) is 0 Å². The van der Waals surface area contributed by atoms with E-state index in [1.807, 2.05) is 6.07 Å². The molecule has 0 atom stereocenters. The van der Waals surface area contributed by atoms with Crippen LogP contribution in [0.4, 0.5) is 0 Å². The zero-order chi connectivity index (χ0) is 9.68. The molecule has 1 heterocycles. The number of ether oxygens (including phenoxy) is 2. The Balaban J connectivity index is 2.78. The van der Waals surface area contributed by atoms with Crippen LogP contribution in [0.25, 0.3) is 0 Å². The number of carbonyl (C=O) groups excluding carboxylic acids is 1. The molecular formula is C8H7NO3S. The van der Waals surface area contributed by atoms with Crippen LogP contribution >= 0.6 is 11.3 Å². The van der Waals surface area contributed by atoms with Crippen molar-refractivity contribution in [3.63, 3.8) is 0 Å². The molecule has 1 aromatic heterocycles. The van der Waals surface area contributed by atoms with Gasteiger partial charge in [0.1, 0.15) is 11.8 Å². The summed E-state index contributed by atoms with van der Waals surface area (Å²) in [5, 5.41) is 9.97. The first-order valence-electron chi connectivity index (χ1n) is 3.45. The van der Waals surface area contributed by atoms with Crippen molar-refractivity contribution in [1.29, 1.82) is 5.26 Å². The minimum Gasteiger partial charge on any atom is -0.477 e. The van der Waals surface area contributed by atoms with Gasteiger partial charge in [0, 0.05) is 0 Å². The lowest BCUT2D eigenvalue weighted by Gasteiger charge is -2.00. The van der Waals surface area contributed by atoms with Crippen molar-refractivity contribution >= 4 is 17.3 Å². The van der Waals surface area contributed by atoms with E-state index in [1.54, 1.807) is 11.4 Å². The predicted molar refractivity (Wildman–Crippen MR) is 46.8 cm³/mol. The molecule has 5 heteroatoms. The smallest absolute Gasteiger partial charge is 0.351 e. The van der Waals surface area contributed by atoms with Crippen molar-refractivity contribution in [3.05, 3.63) is 16.3 Å². The third-order valence-electron chi connectivity index (χ3n) is 1.29. The summed E-state index contributed by atoms with van der Waals surface area (Å²) in [5.41, 5.74) is 0. The molecule has 0 radical (unpaired) electrons. The monoisotopic (exact) mass is 197 g/mol. The first kappa shape index (κ1) is 9.55.